The van der Waals surface area contributed by atoms with E-state index in [1.54, 1.807) is 0 Å². The molecule has 3 rings (SSSR count). The average molecular weight is 247 g/mol. The first kappa shape index (κ1) is 11.6. The number of aromatic nitrogens is 2. The summed E-state index contributed by atoms with van der Waals surface area (Å²) in [5.41, 5.74) is 3.55. The molecule has 0 aliphatic carbocycles. The molecule has 0 unspecified atom stereocenters. The molecule has 92 valence electrons. The Kier molecular flexibility index (Phi) is 3.32. The van der Waals surface area contributed by atoms with Gasteiger partial charge in [-0.05, 0) is 23.3 Å². The Bertz CT molecular complexity index is 631. The highest BCUT2D eigenvalue weighted by Crippen LogP contribution is 2.16. The second-order valence-electron chi connectivity index (χ2n) is 4.45. The molecular formula is C17H15N2+. The van der Waals surface area contributed by atoms with Gasteiger partial charge in [-0.15, -0.1) is 0 Å². The first-order chi connectivity index (χ1) is 9.42. The first-order valence-corrected chi connectivity index (χ1v) is 6.36. The molecule has 0 atom stereocenters. The van der Waals surface area contributed by atoms with Crippen LogP contribution in [0, 0.1) is 0 Å². The molecule has 0 fully saturated rings. The highest BCUT2D eigenvalue weighted by atomic mass is 14.9. The molecule has 2 aromatic heterocycles. The van der Waals surface area contributed by atoms with E-state index in [0.29, 0.717) is 0 Å². The molecule has 19 heavy (non-hydrogen) atoms. The molecule has 0 aliphatic rings. The lowest BCUT2D eigenvalue weighted by molar-refractivity contribution is -0.688. The van der Waals surface area contributed by atoms with Crippen molar-refractivity contribution in [3.8, 4) is 11.1 Å². The van der Waals surface area contributed by atoms with Crippen LogP contribution >= 0.6 is 0 Å². The van der Waals surface area contributed by atoms with Gasteiger partial charge in [-0.2, -0.15) is 4.57 Å². The topological polar surface area (TPSA) is 16.8 Å². The fraction of sp³-hybridized carbons (Fsp3) is 0.0588. The first-order valence-electron chi connectivity index (χ1n) is 6.36. The second kappa shape index (κ2) is 5.44. The van der Waals surface area contributed by atoms with E-state index in [4.69, 9.17) is 0 Å². The summed E-state index contributed by atoms with van der Waals surface area (Å²) in [5.74, 6) is 0. The van der Waals surface area contributed by atoms with Gasteiger partial charge in [-0.3, -0.25) is 4.98 Å². The summed E-state index contributed by atoms with van der Waals surface area (Å²) >= 11 is 0. The molecule has 3 aromatic rings. The highest BCUT2D eigenvalue weighted by molar-refractivity contribution is 5.61. The maximum atomic E-state index is 4.33. The standard InChI is InChI=1S/C17H15N2/c1-2-6-15(7-3-1)16-9-12-19(13-10-16)14-17-8-4-5-11-18-17/h1-13H,14H2/q+1. The summed E-state index contributed by atoms with van der Waals surface area (Å²) < 4.78 is 2.13. The lowest BCUT2D eigenvalue weighted by Crippen LogP contribution is -2.33. The fourth-order valence-electron chi connectivity index (χ4n) is 2.06. The zero-order valence-corrected chi connectivity index (χ0v) is 10.6. The van der Waals surface area contributed by atoms with Crippen molar-refractivity contribution in [1.29, 1.82) is 0 Å². The number of pyridine rings is 2. The molecule has 2 nitrogen and oxygen atoms in total. The molecule has 0 N–H and O–H groups in total. The van der Waals surface area contributed by atoms with Crippen LogP contribution in [-0.2, 0) is 6.54 Å². The average Bonchev–Trinajstić information content (AvgIpc) is 2.50. The van der Waals surface area contributed by atoms with E-state index in [-0.39, 0.29) is 0 Å². The van der Waals surface area contributed by atoms with Crippen LogP contribution in [0.4, 0.5) is 0 Å². The van der Waals surface area contributed by atoms with Gasteiger partial charge in [0.2, 0.25) is 0 Å². The molecule has 2 heterocycles. The normalized spacial score (nSPS) is 10.3. The quantitative estimate of drug-likeness (QED) is 0.650. The summed E-state index contributed by atoms with van der Waals surface area (Å²) in [6, 6.07) is 20.7. The Morgan fingerprint density at radius 2 is 1.42 bits per heavy atom. The van der Waals surface area contributed by atoms with Gasteiger partial charge < -0.3 is 0 Å². The molecule has 0 spiro atoms. The van der Waals surface area contributed by atoms with E-state index >= 15 is 0 Å². The van der Waals surface area contributed by atoms with Gasteiger partial charge in [0.15, 0.2) is 18.9 Å². The van der Waals surface area contributed by atoms with Crippen molar-refractivity contribution in [3.05, 3.63) is 84.9 Å². The summed E-state index contributed by atoms with van der Waals surface area (Å²) in [4.78, 5) is 4.33. The number of nitrogens with zero attached hydrogens (tertiary/aromatic N) is 2. The van der Waals surface area contributed by atoms with Gasteiger partial charge in [-0.1, -0.05) is 36.4 Å². The number of rotatable bonds is 3. The monoisotopic (exact) mass is 247 g/mol. The second-order valence-corrected chi connectivity index (χ2v) is 4.45. The largest absolute Gasteiger partial charge is 0.255 e. The van der Waals surface area contributed by atoms with Crippen LogP contribution in [0.3, 0.4) is 0 Å². The van der Waals surface area contributed by atoms with Gasteiger partial charge >= 0.3 is 0 Å². The Hall–Kier alpha value is -2.48. The SMILES string of the molecule is c1ccc(-c2cc[n+](Cc3ccccn3)cc2)cc1. The molecule has 2 heteroatoms. The Morgan fingerprint density at radius 3 is 2.11 bits per heavy atom. The maximum Gasteiger partial charge on any atom is 0.190 e. The van der Waals surface area contributed by atoms with Crippen LogP contribution in [0.15, 0.2) is 79.3 Å². The highest BCUT2D eigenvalue weighted by Gasteiger charge is 2.04. The fourth-order valence-corrected chi connectivity index (χ4v) is 2.06. The van der Waals surface area contributed by atoms with Crippen molar-refractivity contribution >= 4 is 0 Å². The minimum Gasteiger partial charge on any atom is -0.255 e. The zero-order valence-electron chi connectivity index (χ0n) is 10.6. The maximum absolute atomic E-state index is 4.33. The van der Waals surface area contributed by atoms with Crippen molar-refractivity contribution in [2.75, 3.05) is 0 Å². The molecule has 0 aliphatic heterocycles. The zero-order chi connectivity index (χ0) is 12.9. The summed E-state index contributed by atoms with van der Waals surface area (Å²) in [6.45, 7) is 0.801. The smallest absolute Gasteiger partial charge is 0.190 e. The predicted molar refractivity (Wildman–Crippen MR) is 75.4 cm³/mol. The summed E-state index contributed by atoms with van der Waals surface area (Å²) in [7, 11) is 0. The van der Waals surface area contributed by atoms with Crippen molar-refractivity contribution in [1.82, 2.24) is 4.98 Å². The molecule has 0 amide bonds. The summed E-state index contributed by atoms with van der Waals surface area (Å²) in [5, 5.41) is 0. The Morgan fingerprint density at radius 1 is 0.737 bits per heavy atom. The van der Waals surface area contributed by atoms with Crippen LogP contribution < -0.4 is 4.57 Å². The van der Waals surface area contributed by atoms with E-state index in [1.165, 1.54) is 11.1 Å². The van der Waals surface area contributed by atoms with Crippen LogP contribution in [0.5, 0.6) is 0 Å². The van der Waals surface area contributed by atoms with Gasteiger partial charge in [0.25, 0.3) is 0 Å². The summed E-state index contributed by atoms with van der Waals surface area (Å²) in [6.07, 6.45) is 6.02. The van der Waals surface area contributed by atoms with Gasteiger partial charge in [0.1, 0.15) is 5.69 Å². The number of benzene rings is 1. The molecule has 0 bridgehead atoms. The Balaban J connectivity index is 1.80. The number of hydrogen-bond acceptors (Lipinski definition) is 1. The van der Waals surface area contributed by atoms with E-state index in [1.807, 2.05) is 30.5 Å². The van der Waals surface area contributed by atoms with Gasteiger partial charge in [0.05, 0.1) is 0 Å². The lowest BCUT2D eigenvalue weighted by atomic mass is 10.1. The minimum atomic E-state index is 0.801. The molecule has 0 radical (unpaired) electrons. The predicted octanol–water partition coefficient (Wildman–Crippen LogP) is 3.08. The van der Waals surface area contributed by atoms with Gasteiger partial charge in [-0.25, -0.2) is 0 Å². The molecule has 0 saturated heterocycles. The third kappa shape index (κ3) is 2.86. The van der Waals surface area contributed by atoms with E-state index < -0.39 is 0 Å². The number of hydrogen-bond donors (Lipinski definition) is 0. The van der Waals surface area contributed by atoms with E-state index in [0.717, 1.165) is 12.2 Å². The Labute approximate surface area is 113 Å². The van der Waals surface area contributed by atoms with Crippen molar-refractivity contribution in [2.24, 2.45) is 0 Å². The van der Waals surface area contributed by atoms with Crippen LogP contribution in [0.25, 0.3) is 11.1 Å². The third-order valence-corrected chi connectivity index (χ3v) is 3.07. The third-order valence-electron chi connectivity index (χ3n) is 3.07. The van der Waals surface area contributed by atoms with E-state index in [9.17, 15) is 0 Å². The molecule has 0 saturated carbocycles. The molecular weight excluding hydrogens is 232 g/mol. The van der Waals surface area contributed by atoms with Crippen molar-refractivity contribution in [3.63, 3.8) is 0 Å². The van der Waals surface area contributed by atoms with Crippen LogP contribution in [0.2, 0.25) is 0 Å². The van der Waals surface area contributed by atoms with E-state index in [2.05, 4.69) is 58.3 Å². The minimum absolute atomic E-state index is 0.801. The van der Waals surface area contributed by atoms with Crippen LogP contribution in [-0.4, -0.2) is 4.98 Å². The van der Waals surface area contributed by atoms with Gasteiger partial charge in [0, 0.05) is 18.3 Å². The molecule has 1 aromatic carbocycles. The lowest BCUT2D eigenvalue weighted by Gasteiger charge is -2.01. The van der Waals surface area contributed by atoms with Crippen molar-refractivity contribution < 1.29 is 4.57 Å². The van der Waals surface area contributed by atoms with Crippen molar-refractivity contribution in [2.45, 2.75) is 6.54 Å². The van der Waals surface area contributed by atoms with Crippen LogP contribution in [0.1, 0.15) is 5.69 Å².